The summed E-state index contributed by atoms with van der Waals surface area (Å²) in [5.41, 5.74) is 2.74. The zero-order chi connectivity index (χ0) is 24.7. The van der Waals surface area contributed by atoms with Gasteiger partial charge in [0.1, 0.15) is 6.29 Å². The molecule has 2 aromatic rings. The van der Waals surface area contributed by atoms with Crippen molar-refractivity contribution in [2.45, 2.75) is 114 Å². The highest BCUT2D eigenvalue weighted by Gasteiger charge is 2.27. The van der Waals surface area contributed by atoms with Gasteiger partial charge in [-0.1, -0.05) is 119 Å². The van der Waals surface area contributed by atoms with Crippen molar-refractivity contribution in [3.05, 3.63) is 71.8 Å². The Bertz CT molecular complexity index is 789. The number of rotatable bonds is 18. The van der Waals surface area contributed by atoms with E-state index in [1.807, 2.05) is 6.07 Å². The minimum Gasteiger partial charge on any atom is -0.368 e. The van der Waals surface area contributed by atoms with E-state index < -0.39 is 6.29 Å². The predicted octanol–water partition coefficient (Wildman–Crippen LogP) is 7.48. The highest BCUT2D eigenvalue weighted by atomic mass is 16.5. The van der Waals surface area contributed by atoms with Gasteiger partial charge in [-0.2, -0.15) is 0 Å². The standard InChI is InChI=1S/C31H46O3/c1-30(24-16-26-32,27-17-10-8-11-18-27)22-14-6-4-3-5-7-15-23-31(2,25-21-29(33)34)28-19-12-9-13-20-28/h8-13,17-20,26,29,33-34H,3-7,14-16,21-25H2,1-2H3. The molecule has 0 aliphatic carbocycles. The SMILES string of the molecule is CC(CCC=O)(CCCCCCCCCC(C)(CCC(O)O)c1ccccc1)c1ccccc1. The summed E-state index contributed by atoms with van der Waals surface area (Å²) in [6.45, 7) is 4.57. The van der Waals surface area contributed by atoms with Crippen molar-refractivity contribution in [2.24, 2.45) is 0 Å². The summed E-state index contributed by atoms with van der Waals surface area (Å²) in [5, 5.41) is 18.7. The molecule has 2 rings (SSSR count). The Kier molecular flexibility index (Phi) is 12.6. The predicted molar refractivity (Wildman–Crippen MR) is 142 cm³/mol. The number of unbranched alkanes of at least 4 members (excludes halogenated alkanes) is 6. The fraction of sp³-hybridized carbons (Fsp3) is 0.581. The molecule has 0 bridgehead atoms. The fourth-order valence-electron chi connectivity index (χ4n) is 5.25. The number of hydrogen-bond donors (Lipinski definition) is 2. The molecule has 188 valence electrons. The van der Waals surface area contributed by atoms with Gasteiger partial charge in [0.2, 0.25) is 0 Å². The summed E-state index contributed by atoms with van der Waals surface area (Å²) in [5.74, 6) is 0. The van der Waals surface area contributed by atoms with Gasteiger partial charge >= 0.3 is 0 Å². The molecule has 0 spiro atoms. The van der Waals surface area contributed by atoms with Crippen molar-refractivity contribution in [2.75, 3.05) is 0 Å². The molecule has 34 heavy (non-hydrogen) atoms. The van der Waals surface area contributed by atoms with Crippen molar-refractivity contribution in [3.63, 3.8) is 0 Å². The lowest BCUT2D eigenvalue weighted by molar-refractivity contribution is -0.108. The van der Waals surface area contributed by atoms with E-state index in [2.05, 4.69) is 68.4 Å². The number of carbonyl (C=O) groups is 1. The number of aliphatic hydroxyl groups is 2. The number of carbonyl (C=O) groups excluding carboxylic acids is 1. The van der Waals surface area contributed by atoms with E-state index in [1.165, 1.54) is 56.1 Å². The highest BCUT2D eigenvalue weighted by Crippen LogP contribution is 2.36. The van der Waals surface area contributed by atoms with Gasteiger partial charge in [0.05, 0.1) is 0 Å². The quantitative estimate of drug-likeness (QED) is 0.136. The molecule has 2 N–H and O–H groups in total. The van der Waals surface area contributed by atoms with Crippen LogP contribution in [0.5, 0.6) is 0 Å². The molecule has 0 aliphatic heterocycles. The second kappa shape index (κ2) is 15.1. The average molecular weight is 467 g/mol. The van der Waals surface area contributed by atoms with Gasteiger partial charge in [-0.3, -0.25) is 0 Å². The van der Waals surface area contributed by atoms with Gasteiger partial charge in [0.25, 0.3) is 0 Å². The molecular formula is C31H46O3. The third-order valence-corrected chi connectivity index (χ3v) is 7.67. The van der Waals surface area contributed by atoms with Crippen molar-refractivity contribution in [1.82, 2.24) is 0 Å². The molecule has 2 atom stereocenters. The molecule has 0 heterocycles. The van der Waals surface area contributed by atoms with Gasteiger partial charge < -0.3 is 15.0 Å². The van der Waals surface area contributed by atoms with E-state index in [4.69, 9.17) is 0 Å². The first-order chi connectivity index (χ1) is 16.4. The first-order valence-electron chi connectivity index (χ1n) is 13.3. The van der Waals surface area contributed by atoms with Crippen molar-refractivity contribution in [1.29, 1.82) is 0 Å². The number of aldehydes is 1. The van der Waals surface area contributed by atoms with Gasteiger partial charge in [0.15, 0.2) is 6.29 Å². The fourth-order valence-corrected chi connectivity index (χ4v) is 5.25. The summed E-state index contributed by atoms with van der Waals surface area (Å²) >= 11 is 0. The van der Waals surface area contributed by atoms with Crippen LogP contribution in [-0.2, 0) is 15.6 Å². The molecule has 3 nitrogen and oxygen atoms in total. The lowest BCUT2D eigenvalue weighted by atomic mass is 9.74. The second-order valence-corrected chi connectivity index (χ2v) is 10.6. The third-order valence-electron chi connectivity index (χ3n) is 7.67. The van der Waals surface area contributed by atoms with Gasteiger partial charge in [0, 0.05) is 6.42 Å². The topological polar surface area (TPSA) is 57.5 Å². The lowest BCUT2D eigenvalue weighted by Crippen LogP contribution is -2.24. The summed E-state index contributed by atoms with van der Waals surface area (Å²) < 4.78 is 0. The van der Waals surface area contributed by atoms with Crippen LogP contribution in [0.4, 0.5) is 0 Å². The Morgan fingerprint density at radius 3 is 1.47 bits per heavy atom. The van der Waals surface area contributed by atoms with Crippen molar-refractivity contribution < 1.29 is 15.0 Å². The minimum atomic E-state index is -1.23. The summed E-state index contributed by atoms with van der Waals surface area (Å²) in [4.78, 5) is 11.0. The molecule has 0 amide bonds. The monoisotopic (exact) mass is 466 g/mol. The first-order valence-corrected chi connectivity index (χ1v) is 13.3. The van der Waals surface area contributed by atoms with Crippen molar-refractivity contribution in [3.8, 4) is 0 Å². The van der Waals surface area contributed by atoms with E-state index in [9.17, 15) is 15.0 Å². The smallest absolute Gasteiger partial charge is 0.151 e. The molecule has 0 fully saturated rings. The van der Waals surface area contributed by atoms with Crippen LogP contribution in [0, 0.1) is 0 Å². The first kappa shape index (κ1) is 28.3. The Labute approximate surface area is 207 Å². The minimum absolute atomic E-state index is 0.00557. The van der Waals surface area contributed by atoms with Gasteiger partial charge in [-0.25, -0.2) is 0 Å². The largest absolute Gasteiger partial charge is 0.368 e. The highest BCUT2D eigenvalue weighted by molar-refractivity contribution is 5.49. The Hall–Kier alpha value is -1.97. The number of hydrogen-bond acceptors (Lipinski definition) is 3. The Morgan fingerprint density at radius 2 is 1.06 bits per heavy atom. The van der Waals surface area contributed by atoms with E-state index in [0.717, 1.165) is 32.0 Å². The van der Waals surface area contributed by atoms with Crippen molar-refractivity contribution >= 4 is 6.29 Å². The van der Waals surface area contributed by atoms with E-state index >= 15 is 0 Å². The average Bonchev–Trinajstić information content (AvgIpc) is 2.86. The van der Waals surface area contributed by atoms with Crippen LogP contribution in [-0.4, -0.2) is 22.8 Å². The zero-order valence-corrected chi connectivity index (χ0v) is 21.4. The maximum absolute atomic E-state index is 11.0. The molecule has 0 saturated carbocycles. The summed E-state index contributed by atoms with van der Waals surface area (Å²) in [6.07, 6.45) is 13.5. The summed E-state index contributed by atoms with van der Waals surface area (Å²) in [7, 11) is 0. The molecular weight excluding hydrogens is 420 g/mol. The lowest BCUT2D eigenvalue weighted by Gasteiger charge is -2.31. The number of benzene rings is 2. The maximum Gasteiger partial charge on any atom is 0.151 e. The van der Waals surface area contributed by atoms with Crippen LogP contribution in [0.15, 0.2) is 60.7 Å². The Morgan fingerprint density at radius 1 is 0.647 bits per heavy atom. The van der Waals surface area contributed by atoms with E-state index in [0.29, 0.717) is 12.8 Å². The van der Waals surface area contributed by atoms with Crippen LogP contribution >= 0.6 is 0 Å². The van der Waals surface area contributed by atoms with E-state index in [1.54, 1.807) is 0 Å². The van der Waals surface area contributed by atoms with Crippen LogP contribution in [0.1, 0.15) is 108 Å². The Balaban J connectivity index is 1.68. The van der Waals surface area contributed by atoms with Crippen LogP contribution in [0.3, 0.4) is 0 Å². The van der Waals surface area contributed by atoms with Gasteiger partial charge in [-0.15, -0.1) is 0 Å². The molecule has 0 radical (unpaired) electrons. The molecule has 0 aliphatic rings. The van der Waals surface area contributed by atoms with E-state index in [-0.39, 0.29) is 10.8 Å². The second-order valence-electron chi connectivity index (χ2n) is 10.6. The van der Waals surface area contributed by atoms with Crippen LogP contribution in [0.2, 0.25) is 0 Å². The normalized spacial score (nSPS) is 15.1. The number of aliphatic hydroxyl groups excluding tert-OH is 1. The van der Waals surface area contributed by atoms with Crippen LogP contribution < -0.4 is 0 Å². The summed E-state index contributed by atoms with van der Waals surface area (Å²) in [6, 6.07) is 21.2. The third kappa shape index (κ3) is 9.72. The molecule has 2 aromatic carbocycles. The van der Waals surface area contributed by atoms with Crippen LogP contribution in [0.25, 0.3) is 0 Å². The molecule has 0 saturated heterocycles. The molecule has 0 aromatic heterocycles. The zero-order valence-electron chi connectivity index (χ0n) is 21.4. The molecule has 3 heteroatoms. The maximum atomic E-state index is 11.0. The van der Waals surface area contributed by atoms with Gasteiger partial charge in [-0.05, 0) is 54.1 Å². The molecule has 2 unspecified atom stereocenters.